The summed E-state index contributed by atoms with van der Waals surface area (Å²) in [4.78, 5) is 17.0. The van der Waals surface area contributed by atoms with E-state index < -0.39 is 0 Å². The first kappa shape index (κ1) is 17.9. The fourth-order valence-electron chi connectivity index (χ4n) is 1.97. The van der Waals surface area contributed by atoms with E-state index in [1.165, 1.54) is 0 Å². The topological polar surface area (TPSA) is 51.2 Å². The van der Waals surface area contributed by atoms with Gasteiger partial charge in [-0.05, 0) is 32.0 Å². The highest BCUT2D eigenvalue weighted by Gasteiger charge is 2.15. The van der Waals surface area contributed by atoms with Gasteiger partial charge in [0.25, 0.3) is 5.91 Å². The van der Waals surface area contributed by atoms with Gasteiger partial charge in [0.2, 0.25) is 0 Å². The van der Waals surface area contributed by atoms with Crippen LogP contribution in [0.2, 0.25) is 0 Å². The Hall–Kier alpha value is -1.40. The van der Waals surface area contributed by atoms with E-state index in [0.717, 1.165) is 15.2 Å². The van der Waals surface area contributed by atoms with Gasteiger partial charge in [-0.1, -0.05) is 29.8 Å². The monoisotopic (exact) mass is 396 g/mol. The zero-order valence-electron chi connectivity index (χ0n) is 13.7. The Kier molecular flexibility index (Phi) is 6.18. The number of nitrogens with zero attached hydrogens (tertiary/aromatic N) is 1. The molecule has 0 atom stereocenters. The van der Waals surface area contributed by atoms with Gasteiger partial charge in [0.1, 0.15) is 5.75 Å². The third-order valence-corrected chi connectivity index (χ3v) is 4.73. The summed E-state index contributed by atoms with van der Waals surface area (Å²) in [6.07, 6.45) is 0.00277. The minimum Gasteiger partial charge on any atom is -0.490 e. The molecular formula is C17H21BrN2O2S. The fourth-order valence-corrected chi connectivity index (χ4v) is 3.15. The molecule has 0 radical (unpaired) electrons. The molecule has 4 nitrogen and oxygen atoms in total. The van der Waals surface area contributed by atoms with Gasteiger partial charge in [-0.3, -0.25) is 4.79 Å². The summed E-state index contributed by atoms with van der Waals surface area (Å²) >= 11 is 5.03. The van der Waals surface area contributed by atoms with Crippen molar-refractivity contribution in [1.29, 1.82) is 0 Å². The lowest BCUT2D eigenvalue weighted by Gasteiger charge is -2.14. The molecule has 0 aliphatic rings. The van der Waals surface area contributed by atoms with Gasteiger partial charge in [0.15, 0.2) is 0 Å². The van der Waals surface area contributed by atoms with Crippen molar-refractivity contribution in [2.24, 2.45) is 0 Å². The van der Waals surface area contributed by atoms with Crippen molar-refractivity contribution >= 4 is 33.2 Å². The normalized spacial score (nSPS) is 11.1. The molecular weight excluding hydrogens is 376 g/mol. The molecule has 2 aromatic rings. The van der Waals surface area contributed by atoms with Crippen LogP contribution >= 0.6 is 27.3 Å². The zero-order valence-corrected chi connectivity index (χ0v) is 16.1. The zero-order chi connectivity index (χ0) is 17.0. The van der Waals surface area contributed by atoms with Crippen LogP contribution in [0.15, 0.2) is 28.1 Å². The van der Waals surface area contributed by atoms with E-state index in [-0.39, 0.29) is 12.0 Å². The SMILES string of the molecule is CC(C)Oc1cc(Br)ccc1C(=O)NCc1csc(C(C)C)n1. The number of amides is 1. The van der Waals surface area contributed by atoms with E-state index in [0.29, 0.717) is 23.8 Å². The van der Waals surface area contributed by atoms with Crippen molar-refractivity contribution in [3.63, 3.8) is 0 Å². The minimum absolute atomic E-state index is 0.00277. The molecule has 1 aromatic carbocycles. The average Bonchev–Trinajstić information content (AvgIpc) is 2.93. The van der Waals surface area contributed by atoms with Crippen LogP contribution in [0, 0.1) is 0 Å². The quantitative estimate of drug-likeness (QED) is 0.766. The second-order valence-electron chi connectivity index (χ2n) is 5.82. The van der Waals surface area contributed by atoms with Gasteiger partial charge in [0, 0.05) is 15.8 Å². The van der Waals surface area contributed by atoms with Gasteiger partial charge in [-0.15, -0.1) is 11.3 Å². The summed E-state index contributed by atoms with van der Waals surface area (Å²) in [7, 11) is 0. The lowest BCUT2D eigenvalue weighted by molar-refractivity contribution is 0.0944. The van der Waals surface area contributed by atoms with Crippen molar-refractivity contribution in [1.82, 2.24) is 10.3 Å². The largest absolute Gasteiger partial charge is 0.490 e. The standard InChI is InChI=1S/C17H21BrN2O2S/c1-10(2)17-20-13(9-23-17)8-19-16(21)14-6-5-12(18)7-15(14)22-11(3)4/h5-7,9-11H,8H2,1-4H3,(H,19,21). The Bertz CT molecular complexity index is 683. The maximum atomic E-state index is 12.4. The molecule has 0 saturated heterocycles. The maximum Gasteiger partial charge on any atom is 0.255 e. The number of hydrogen-bond acceptors (Lipinski definition) is 4. The number of carbonyl (C=O) groups is 1. The Morgan fingerprint density at radius 1 is 1.35 bits per heavy atom. The molecule has 1 aromatic heterocycles. The highest BCUT2D eigenvalue weighted by atomic mass is 79.9. The fraction of sp³-hybridized carbons (Fsp3) is 0.412. The van der Waals surface area contributed by atoms with Crippen LogP contribution in [0.5, 0.6) is 5.75 Å². The third-order valence-electron chi connectivity index (χ3n) is 3.04. The van der Waals surface area contributed by atoms with Crippen molar-refractivity contribution in [2.75, 3.05) is 0 Å². The summed E-state index contributed by atoms with van der Waals surface area (Å²) in [5.41, 5.74) is 1.41. The lowest BCUT2D eigenvalue weighted by atomic mass is 10.2. The first-order valence-corrected chi connectivity index (χ1v) is 9.22. The number of rotatable bonds is 6. The number of benzene rings is 1. The van der Waals surface area contributed by atoms with E-state index in [1.54, 1.807) is 17.4 Å². The van der Waals surface area contributed by atoms with Gasteiger partial charge < -0.3 is 10.1 Å². The first-order valence-electron chi connectivity index (χ1n) is 7.55. The predicted molar refractivity (Wildman–Crippen MR) is 97.3 cm³/mol. The smallest absolute Gasteiger partial charge is 0.255 e. The molecule has 124 valence electrons. The minimum atomic E-state index is -0.160. The van der Waals surface area contributed by atoms with Crippen LogP contribution in [0.3, 0.4) is 0 Å². The second kappa shape index (κ2) is 7.93. The molecule has 0 fully saturated rings. The summed E-state index contributed by atoms with van der Waals surface area (Å²) in [6, 6.07) is 5.41. The van der Waals surface area contributed by atoms with Gasteiger partial charge in [-0.2, -0.15) is 0 Å². The highest BCUT2D eigenvalue weighted by Crippen LogP contribution is 2.25. The van der Waals surface area contributed by atoms with Gasteiger partial charge in [0.05, 0.1) is 28.9 Å². The van der Waals surface area contributed by atoms with Crippen molar-refractivity contribution in [3.8, 4) is 5.75 Å². The molecule has 23 heavy (non-hydrogen) atoms. The van der Waals surface area contributed by atoms with Crippen LogP contribution in [0.1, 0.15) is 54.7 Å². The van der Waals surface area contributed by atoms with Crippen molar-refractivity contribution in [3.05, 3.63) is 44.3 Å². The number of carbonyl (C=O) groups excluding carboxylic acids is 1. The number of ether oxygens (including phenoxy) is 1. The van der Waals surface area contributed by atoms with E-state index >= 15 is 0 Å². The molecule has 1 heterocycles. The van der Waals surface area contributed by atoms with Crippen LogP contribution < -0.4 is 10.1 Å². The Labute approximate surface area is 149 Å². The summed E-state index contributed by atoms with van der Waals surface area (Å²) in [5.74, 6) is 0.822. The molecule has 6 heteroatoms. The predicted octanol–water partition coefficient (Wildman–Crippen LogP) is 4.75. The van der Waals surface area contributed by atoms with Gasteiger partial charge >= 0.3 is 0 Å². The van der Waals surface area contributed by atoms with Crippen molar-refractivity contribution < 1.29 is 9.53 Å². The average molecular weight is 397 g/mol. The molecule has 0 bridgehead atoms. The molecule has 0 unspecified atom stereocenters. The molecule has 0 spiro atoms. The number of thiazole rings is 1. The van der Waals surface area contributed by atoms with E-state index in [2.05, 4.69) is 40.1 Å². The first-order chi connectivity index (χ1) is 10.9. The molecule has 2 rings (SSSR count). The Morgan fingerprint density at radius 3 is 2.70 bits per heavy atom. The molecule has 0 aliphatic heterocycles. The Morgan fingerprint density at radius 2 is 2.09 bits per heavy atom. The lowest BCUT2D eigenvalue weighted by Crippen LogP contribution is -2.24. The van der Waals surface area contributed by atoms with Crippen molar-refractivity contribution in [2.45, 2.75) is 46.3 Å². The van der Waals surface area contributed by atoms with E-state index in [1.807, 2.05) is 31.4 Å². The number of halogens is 1. The number of hydrogen-bond donors (Lipinski definition) is 1. The maximum absolute atomic E-state index is 12.4. The summed E-state index contributed by atoms with van der Waals surface area (Å²) < 4.78 is 6.61. The van der Waals surface area contributed by atoms with Crippen LogP contribution in [-0.4, -0.2) is 17.0 Å². The van der Waals surface area contributed by atoms with E-state index in [9.17, 15) is 4.79 Å². The van der Waals surface area contributed by atoms with Crippen LogP contribution in [-0.2, 0) is 6.54 Å². The Balaban J connectivity index is 2.07. The molecule has 1 amide bonds. The third kappa shape index (κ3) is 5.04. The number of aromatic nitrogens is 1. The van der Waals surface area contributed by atoms with Crippen LogP contribution in [0.4, 0.5) is 0 Å². The molecule has 0 aliphatic carbocycles. The summed E-state index contributed by atoms with van der Waals surface area (Å²) in [5, 5.41) is 5.98. The second-order valence-corrected chi connectivity index (χ2v) is 7.63. The highest BCUT2D eigenvalue weighted by molar-refractivity contribution is 9.10. The van der Waals surface area contributed by atoms with Gasteiger partial charge in [-0.25, -0.2) is 4.98 Å². The molecule has 0 saturated carbocycles. The van der Waals surface area contributed by atoms with E-state index in [4.69, 9.17) is 4.74 Å². The summed E-state index contributed by atoms with van der Waals surface area (Å²) in [6.45, 7) is 8.51. The number of nitrogens with one attached hydrogen (secondary N) is 1. The van der Waals surface area contributed by atoms with Crippen LogP contribution in [0.25, 0.3) is 0 Å². The molecule has 1 N–H and O–H groups in total.